The number of ether oxygens (including phenoxy) is 2. The molecule has 1 atom stereocenters. The number of halogens is 1. The van der Waals surface area contributed by atoms with E-state index < -0.39 is 12.1 Å². The smallest absolute Gasteiger partial charge is 0.339 e. The van der Waals surface area contributed by atoms with E-state index in [2.05, 4.69) is 37.4 Å². The second-order valence-electron chi connectivity index (χ2n) is 5.74. The molecule has 0 saturated heterocycles. The number of aromatic nitrogens is 3. The highest BCUT2D eigenvalue weighted by Gasteiger charge is 2.26. The molecule has 0 amide bonds. The minimum absolute atomic E-state index is 0.453. The first-order valence-corrected chi connectivity index (χ1v) is 8.94. The van der Waals surface area contributed by atoms with Crippen LogP contribution in [0.25, 0.3) is 11.0 Å². The molecule has 136 valence electrons. The summed E-state index contributed by atoms with van der Waals surface area (Å²) in [6.45, 7) is 2.31. The number of nitrogens with zero attached hydrogens (tertiary/aromatic N) is 3. The second-order valence-corrected chi connectivity index (χ2v) is 6.82. The number of hydrogen-bond acceptors (Lipinski definition) is 6. The summed E-state index contributed by atoms with van der Waals surface area (Å²) in [6.07, 6.45) is 0.328. The van der Waals surface area contributed by atoms with E-state index in [-0.39, 0.29) is 0 Å². The van der Waals surface area contributed by atoms with Crippen molar-refractivity contribution < 1.29 is 19.4 Å². The van der Waals surface area contributed by atoms with Crippen LogP contribution < -0.4 is 4.74 Å². The largest absolute Gasteiger partial charge is 0.497 e. The van der Waals surface area contributed by atoms with E-state index in [0.717, 1.165) is 20.3 Å². The maximum atomic E-state index is 11.7. The van der Waals surface area contributed by atoms with Crippen LogP contribution in [0.4, 0.5) is 0 Å². The normalized spacial score (nSPS) is 12.2. The fourth-order valence-electron chi connectivity index (χ4n) is 2.74. The Morgan fingerprint density at radius 1 is 1.31 bits per heavy atom. The molecule has 8 heteroatoms. The average molecular weight is 467 g/mol. The van der Waals surface area contributed by atoms with Gasteiger partial charge in [0.25, 0.3) is 0 Å². The Hall–Kier alpha value is -2.20. The monoisotopic (exact) mass is 467 g/mol. The van der Waals surface area contributed by atoms with Crippen LogP contribution in [0.3, 0.4) is 0 Å². The molecule has 3 aromatic rings. The van der Waals surface area contributed by atoms with Gasteiger partial charge in [0.1, 0.15) is 5.75 Å². The van der Waals surface area contributed by atoms with Gasteiger partial charge in [-0.15, -0.1) is 0 Å². The van der Waals surface area contributed by atoms with Crippen molar-refractivity contribution in [3.05, 3.63) is 50.9 Å². The number of aliphatic hydroxyl groups is 1. The van der Waals surface area contributed by atoms with Gasteiger partial charge in [-0.25, -0.2) is 14.5 Å². The summed E-state index contributed by atoms with van der Waals surface area (Å²) in [7, 11) is 2.87. The molecule has 0 spiro atoms. The fraction of sp³-hybridized carbons (Fsp3) is 0.278. The molecule has 0 bridgehead atoms. The number of benzene rings is 1. The summed E-state index contributed by atoms with van der Waals surface area (Å²) in [5, 5.41) is 15.4. The maximum absolute atomic E-state index is 11.7. The molecular formula is C18H18IN3O4. The van der Waals surface area contributed by atoms with Crippen LogP contribution in [0.15, 0.2) is 30.5 Å². The maximum Gasteiger partial charge on any atom is 0.339 e. The molecule has 0 radical (unpaired) electrons. The van der Waals surface area contributed by atoms with Gasteiger partial charge >= 0.3 is 5.97 Å². The molecule has 2 heterocycles. The summed E-state index contributed by atoms with van der Waals surface area (Å²) in [5.41, 5.74) is 2.78. The molecule has 3 rings (SSSR count). The lowest BCUT2D eigenvalue weighted by atomic mass is 10.1. The molecule has 0 aliphatic carbocycles. The summed E-state index contributed by atoms with van der Waals surface area (Å²) >= 11 is 2.11. The fourth-order valence-corrected chi connectivity index (χ4v) is 3.81. The van der Waals surface area contributed by atoms with Gasteiger partial charge < -0.3 is 14.6 Å². The summed E-state index contributed by atoms with van der Waals surface area (Å²) < 4.78 is 12.3. The highest BCUT2D eigenvalue weighted by Crippen LogP contribution is 2.30. The number of esters is 1. The van der Waals surface area contributed by atoms with Crippen LogP contribution in [0.5, 0.6) is 5.75 Å². The van der Waals surface area contributed by atoms with Crippen LogP contribution in [0, 0.1) is 10.5 Å². The standard InChI is InChI=1S/C18H18IN3O4/c1-10-14(16(23)18(24)26-3)15(19)13-8-20-22(17(13)21-10)9-11-4-6-12(25-2)7-5-11/h4-8,16,23H,9H2,1-3H3. The first kappa shape index (κ1) is 18.6. The number of pyridine rings is 1. The Morgan fingerprint density at radius 3 is 2.62 bits per heavy atom. The molecule has 2 aromatic heterocycles. The van der Waals surface area contributed by atoms with Gasteiger partial charge in [0.15, 0.2) is 11.8 Å². The van der Waals surface area contributed by atoms with Crippen LogP contribution in [0.1, 0.15) is 22.9 Å². The molecule has 0 aliphatic heterocycles. The predicted octanol–water partition coefficient (Wildman–Crippen LogP) is 2.61. The number of carbonyl (C=O) groups excluding carboxylic acids is 1. The van der Waals surface area contributed by atoms with E-state index >= 15 is 0 Å². The zero-order chi connectivity index (χ0) is 18.8. The van der Waals surface area contributed by atoms with Crippen LogP contribution in [0.2, 0.25) is 0 Å². The van der Waals surface area contributed by atoms with E-state index in [9.17, 15) is 9.90 Å². The van der Waals surface area contributed by atoms with Gasteiger partial charge in [-0.3, -0.25) is 0 Å². The molecule has 0 aliphatic rings. The number of aliphatic hydroxyl groups excluding tert-OH is 1. The topological polar surface area (TPSA) is 86.5 Å². The molecule has 0 saturated carbocycles. The van der Waals surface area contributed by atoms with Crippen molar-refractivity contribution in [2.24, 2.45) is 0 Å². The third-order valence-electron chi connectivity index (χ3n) is 4.14. The lowest BCUT2D eigenvalue weighted by Crippen LogP contribution is -2.17. The number of hydrogen-bond donors (Lipinski definition) is 1. The average Bonchev–Trinajstić information content (AvgIpc) is 3.04. The zero-order valence-electron chi connectivity index (χ0n) is 14.6. The quantitative estimate of drug-likeness (QED) is 0.459. The molecular weight excluding hydrogens is 449 g/mol. The van der Waals surface area contributed by atoms with Crippen molar-refractivity contribution in [2.45, 2.75) is 19.6 Å². The van der Waals surface area contributed by atoms with E-state index in [4.69, 9.17) is 4.74 Å². The third-order valence-corrected chi connectivity index (χ3v) is 5.30. The van der Waals surface area contributed by atoms with Crippen molar-refractivity contribution in [3.8, 4) is 5.75 Å². The first-order chi connectivity index (χ1) is 12.5. The minimum Gasteiger partial charge on any atom is -0.497 e. The Kier molecular flexibility index (Phi) is 5.42. The Morgan fingerprint density at radius 2 is 2.00 bits per heavy atom. The van der Waals surface area contributed by atoms with Crippen molar-refractivity contribution >= 4 is 39.6 Å². The Balaban J connectivity index is 2.00. The van der Waals surface area contributed by atoms with E-state index in [1.54, 1.807) is 24.9 Å². The van der Waals surface area contributed by atoms with E-state index in [0.29, 0.717) is 23.4 Å². The molecule has 7 nitrogen and oxygen atoms in total. The summed E-state index contributed by atoms with van der Waals surface area (Å²) in [5.74, 6) is 0.0850. The number of methoxy groups -OCH3 is 2. The number of rotatable bonds is 5. The first-order valence-electron chi connectivity index (χ1n) is 7.86. The lowest BCUT2D eigenvalue weighted by Gasteiger charge is -2.14. The van der Waals surface area contributed by atoms with Gasteiger partial charge in [0.2, 0.25) is 0 Å². The van der Waals surface area contributed by atoms with Gasteiger partial charge in [-0.1, -0.05) is 12.1 Å². The number of carbonyl (C=O) groups is 1. The van der Waals surface area contributed by atoms with Gasteiger partial charge in [0, 0.05) is 14.8 Å². The van der Waals surface area contributed by atoms with Gasteiger partial charge in [-0.05, 0) is 47.2 Å². The lowest BCUT2D eigenvalue weighted by molar-refractivity contribution is -0.150. The highest BCUT2D eigenvalue weighted by atomic mass is 127. The van der Waals surface area contributed by atoms with Gasteiger partial charge in [0.05, 0.1) is 32.3 Å². The van der Waals surface area contributed by atoms with Crippen molar-refractivity contribution in [2.75, 3.05) is 14.2 Å². The SMILES string of the molecule is COC(=O)C(O)c1c(C)nc2c(cnn2Cc2ccc(OC)cc2)c1I. The minimum atomic E-state index is -1.37. The zero-order valence-corrected chi connectivity index (χ0v) is 16.7. The van der Waals surface area contributed by atoms with Crippen molar-refractivity contribution in [3.63, 3.8) is 0 Å². The Bertz CT molecular complexity index is 953. The Labute approximate surface area is 164 Å². The van der Waals surface area contributed by atoms with Crippen LogP contribution >= 0.6 is 22.6 Å². The third kappa shape index (κ3) is 3.38. The molecule has 1 aromatic carbocycles. The predicted molar refractivity (Wildman–Crippen MR) is 104 cm³/mol. The molecule has 0 fully saturated rings. The second kappa shape index (κ2) is 7.58. The highest BCUT2D eigenvalue weighted by molar-refractivity contribution is 14.1. The number of aryl methyl sites for hydroxylation is 1. The van der Waals surface area contributed by atoms with Gasteiger partial charge in [-0.2, -0.15) is 5.10 Å². The van der Waals surface area contributed by atoms with Crippen LogP contribution in [-0.2, 0) is 16.1 Å². The van der Waals surface area contributed by atoms with E-state index in [1.807, 2.05) is 24.3 Å². The molecule has 26 heavy (non-hydrogen) atoms. The van der Waals surface area contributed by atoms with E-state index in [1.165, 1.54) is 7.11 Å². The van der Waals surface area contributed by atoms with Crippen molar-refractivity contribution in [1.29, 1.82) is 0 Å². The summed E-state index contributed by atoms with van der Waals surface area (Å²) in [4.78, 5) is 16.3. The molecule has 1 N–H and O–H groups in total. The number of fused-ring (bicyclic) bond motifs is 1. The van der Waals surface area contributed by atoms with Crippen LogP contribution in [-0.4, -0.2) is 40.1 Å². The van der Waals surface area contributed by atoms with Crippen molar-refractivity contribution in [1.82, 2.24) is 14.8 Å². The summed E-state index contributed by atoms with van der Waals surface area (Å²) in [6, 6.07) is 7.74. The molecule has 1 unspecified atom stereocenters.